The summed E-state index contributed by atoms with van der Waals surface area (Å²) in [6.07, 6.45) is -3.31. The van der Waals surface area contributed by atoms with Crippen LogP contribution in [0.25, 0.3) is 0 Å². The van der Waals surface area contributed by atoms with Crippen molar-refractivity contribution in [3.05, 3.63) is 35.9 Å². The van der Waals surface area contributed by atoms with E-state index >= 15 is 0 Å². The van der Waals surface area contributed by atoms with Gasteiger partial charge in [-0.15, -0.1) is 0 Å². The quantitative estimate of drug-likeness (QED) is 0.417. The van der Waals surface area contributed by atoms with Crippen molar-refractivity contribution in [1.29, 1.82) is 0 Å². The highest BCUT2D eigenvalue weighted by atomic mass is 16.4. The smallest absolute Gasteiger partial charge is 0.336 e. The predicted octanol–water partition coefficient (Wildman–Crippen LogP) is 0.116. The van der Waals surface area contributed by atoms with Crippen LogP contribution in [0.15, 0.2) is 30.3 Å². The number of carbonyl (C=O) groups is 2. The molecule has 2 unspecified atom stereocenters. The first-order valence-electron chi connectivity index (χ1n) is 6.38. The SMILES string of the molecule is CC(O)N(C(C)O)C(Cc1ccccc1)(C(=O)O)C(=O)O. The van der Waals surface area contributed by atoms with Crippen molar-refractivity contribution in [3.63, 3.8) is 0 Å². The van der Waals surface area contributed by atoms with Crippen LogP contribution in [0.5, 0.6) is 0 Å². The fourth-order valence-corrected chi connectivity index (χ4v) is 2.40. The van der Waals surface area contributed by atoms with Crippen molar-refractivity contribution < 1.29 is 30.0 Å². The number of hydrogen-bond acceptors (Lipinski definition) is 5. The molecule has 1 aromatic rings. The largest absolute Gasteiger partial charge is 0.479 e. The molecule has 0 saturated carbocycles. The standard InChI is InChI=1S/C14H19NO6/c1-9(16)15(10(2)17)14(12(18)19,13(20)21)8-11-6-4-3-5-7-11/h3-7,9-10,16-17H,8H2,1-2H3,(H,18,19)(H,20,21). The van der Waals surface area contributed by atoms with E-state index in [1.165, 1.54) is 13.8 Å². The third kappa shape index (κ3) is 3.38. The van der Waals surface area contributed by atoms with Gasteiger partial charge in [-0.3, -0.25) is 0 Å². The lowest BCUT2D eigenvalue weighted by Gasteiger charge is -2.40. The van der Waals surface area contributed by atoms with Gasteiger partial charge in [-0.25, -0.2) is 14.5 Å². The van der Waals surface area contributed by atoms with Gasteiger partial charge >= 0.3 is 11.9 Å². The number of aliphatic hydroxyl groups excluding tert-OH is 2. The molecule has 0 aromatic heterocycles. The van der Waals surface area contributed by atoms with Gasteiger partial charge in [0.05, 0.1) is 0 Å². The topological polar surface area (TPSA) is 118 Å². The lowest BCUT2D eigenvalue weighted by atomic mass is 9.88. The van der Waals surface area contributed by atoms with E-state index in [1.54, 1.807) is 30.3 Å². The molecule has 21 heavy (non-hydrogen) atoms. The Hall–Kier alpha value is -1.96. The summed E-state index contributed by atoms with van der Waals surface area (Å²) >= 11 is 0. The second-order valence-electron chi connectivity index (χ2n) is 4.80. The van der Waals surface area contributed by atoms with Crippen molar-refractivity contribution >= 4 is 11.9 Å². The highest BCUT2D eigenvalue weighted by Crippen LogP contribution is 2.26. The number of carboxylic acid groups (broad SMARTS) is 2. The molecular formula is C14H19NO6. The van der Waals surface area contributed by atoms with Crippen LogP contribution < -0.4 is 0 Å². The van der Waals surface area contributed by atoms with Gasteiger partial charge in [-0.2, -0.15) is 0 Å². The monoisotopic (exact) mass is 297 g/mol. The molecule has 0 spiro atoms. The fourth-order valence-electron chi connectivity index (χ4n) is 2.40. The Kier molecular flexibility index (Phi) is 5.42. The minimum absolute atomic E-state index is 0.395. The molecule has 7 heteroatoms. The van der Waals surface area contributed by atoms with Crippen LogP contribution in [-0.2, 0) is 16.0 Å². The Labute approximate surface area is 122 Å². The maximum atomic E-state index is 11.7. The number of aliphatic hydroxyl groups is 2. The number of carboxylic acids is 2. The van der Waals surface area contributed by atoms with Gasteiger partial charge in [-0.1, -0.05) is 30.3 Å². The van der Waals surface area contributed by atoms with Crippen LogP contribution in [0, 0.1) is 0 Å². The van der Waals surface area contributed by atoms with Crippen LogP contribution in [0.1, 0.15) is 19.4 Å². The Morgan fingerprint density at radius 2 is 1.48 bits per heavy atom. The van der Waals surface area contributed by atoms with Crippen LogP contribution in [0.2, 0.25) is 0 Å². The summed E-state index contributed by atoms with van der Waals surface area (Å²) in [6.45, 7) is 2.41. The molecule has 1 rings (SSSR count). The van der Waals surface area contributed by atoms with Crippen LogP contribution in [0.3, 0.4) is 0 Å². The van der Waals surface area contributed by atoms with E-state index in [0.29, 0.717) is 10.5 Å². The number of rotatable bonds is 7. The second-order valence-corrected chi connectivity index (χ2v) is 4.80. The summed E-state index contributed by atoms with van der Waals surface area (Å²) in [5.74, 6) is -3.30. The van der Waals surface area contributed by atoms with E-state index in [2.05, 4.69) is 0 Å². The molecule has 0 aliphatic heterocycles. The van der Waals surface area contributed by atoms with Crippen molar-refractivity contribution in [2.45, 2.75) is 38.3 Å². The average molecular weight is 297 g/mol. The van der Waals surface area contributed by atoms with E-state index < -0.39 is 36.4 Å². The number of nitrogens with zero attached hydrogens (tertiary/aromatic N) is 1. The lowest BCUT2D eigenvalue weighted by Crippen LogP contribution is -2.66. The highest BCUT2D eigenvalue weighted by molar-refractivity contribution is 6.03. The van der Waals surface area contributed by atoms with Gasteiger partial charge in [-0.05, 0) is 19.4 Å². The number of aliphatic carboxylic acids is 2. The summed E-state index contributed by atoms with van der Waals surface area (Å²) in [7, 11) is 0. The van der Waals surface area contributed by atoms with E-state index in [1.807, 2.05) is 0 Å². The maximum Gasteiger partial charge on any atom is 0.336 e. The summed E-state index contributed by atoms with van der Waals surface area (Å²) in [6, 6.07) is 8.19. The summed E-state index contributed by atoms with van der Waals surface area (Å²) in [5, 5.41) is 38.4. The minimum Gasteiger partial charge on any atom is -0.479 e. The molecule has 0 fully saturated rings. The molecule has 0 bridgehead atoms. The van der Waals surface area contributed by atoms with Gasteiger partial charge < -0.3 is 20.4 Å². The van der Waals surface area contributed by atoms with Gasteiger partial charge in [0.15, 0.2) is 0 Å². The van der Waals surface area contributed by atoms with Crippen LogP contribution >= 0.6 is 0 Å². The maximum absolute atomic E-state index is 11.7. The zero-order valence-corrected chi connectivity index (χ0v) is 11.8. The first kappa shape index (κ1) is 17.1. The first-order chi connectivity index (χ1) is 9.73. The van der Waals surface area contributed by atoms with Crippen molar-refractivity contribution in [2.24, 2.45) is 0 Å². The van der Waals surface area contributed by atoms with Gasteiger partial charge in [0.1, 0.15) is 12.5 Å². The third-order valence-electron chi connectivity index (χ3n) is 3.26. The van der Waals surface area contributed by atoms with E-state index in [0.717, 1.165) is 0 Å². The molecule has 116 valence electrons. The van der Waals surface area contributed by atoms with Crippen molar-refractivity contribution in [1.82, 2.24) is 4.90 Å². The Morgan fingerprint density at radius 3 is 1.81 bits per heavy atom. The molecule has 0 aliphatic rings. The minimum atomic E-state index is -2.47. The van der Waals surface area contributed by atoms with Gasteiger partial charge in [0.2, 0.25) is 5.54 Å². The zero-order valence-electron chi connectivity index (χ0n) is 11.8. The molecule has 1 aromatic carbocycles. The Bertz CT molecular complexity index is 477. The Morgan fingerprint density at radius 1 is 1.05 bits per heavy atom. The van der Waals surface area contributed by atoms with E-state index in [9.17, 15) is 30.0 Å². The molecule has 0 heterocycles. The van der Waals surface area contributed by atoms with Crippen molar-refractivity contribution in [2.75, 3.05) is 0 Å². The Balaban J connectivity index is 3.40. The number of hydrogen-bond donors (Lipinski definition) is 4. The molecular weight excluding hydrogens is 278 g/mol. The molecule has 0 amide bonds. The summed E-state index contributed by atoms with van der Waals surface area (Å²) in [4.78, 5) is 24.0. The zero-order chi connectivity index (χ0) is 16.2. The van der Waals surface area contributed by atoms with Crippen molar-refractivity contribution in [3.8, 4) is 0 Å². The third-order valence-corrected chi connectivity index (χ3v) is 3.26. The van der Waals surface area contributed by atoms with Crippen LogP contribution in [0.4, 0.5) is 0 Å². The first-order valence-corrected chi connectivity index (χ1v) is 6.38. The molecule has 2 atom stereocenters. The van der Waals surface area contributed by atoms with E-state index in [-0.39, 0.29) is 0 Å². The normalized spacial score (nSPS) is 14.7. The van der Waals surface area contributed by atoms with E-state index in [4.69, 9.17) is 0 Å². The summed E-state index contributed by atoms with van der Waals surface area (Å²) < 4.78 is 0. The lowest BCUT2D eigenvalue weighted by molar-refractivity contribution is -0.195. The molecule has 7 nitrogen and oxygen atoms in total. The van der Waals surface area contributed by atoms with Crippen LogP contribution in [-0.4, -0.2) is 55.3 Å². The average Bonchev–Trinajstić information content (AvgIpc) is 2.37. The molecule has 0 radical (unpaired) electrons. The molecule has 0 aliphatic carbocycles. The fraction of sp³-hybridized carbons (Fsp3) is 0.429. The van der Waals surface area contributed by atoms with Gasteiger partial charge in [0.25, 0.3) is 0 Å². The predicted molar refractivity (Wildman–Crippen MR) is 73.3 cm³/mol. The molecule has 0 saturated heterocycles. The van der Waals surface area contributed by atoms with Gasteiger partial charge in [0, 0.05) is 6.42 Å². The summed E-state index contributed by atoms with van der Waals surface area (Å²) in [5.41, 5.74) is -2.00. The second kappa shape index (κ2) is 6.66. The highest BCUT2D eigenvalue weighted by Gasteiger charge is 2.54. The molecule has 4 N–H and O–H groups in total. The number of benzene rings is 1.